The fourth-order valence-electron chi connectivity index (χ4n) is 2.43. The Morgan fingerprint density at radius 2 is 1.92 bits per heavy atom. The van der Waals surface area contributed by atoms with Gasteiger partial charge in [0.05, 0.1) is 17.7 Å². The highest BCUT2D eigenvalue weighted by molar-refractivity contribution is 7.17. The minimum atomic E-state index is -1.48. The fourth-order valence-corrected chi connectivity index (χ4v) is 3.24. The standard InChI is InChI=1S/C15H17N3O6S/c19-6-8-11(21)12(22)13(23)14(24-8)18-15-17-5-9(25-15)10(20)7-1-3-16-4-2-7/h1-5,8,11-14,19,21-23H,6H2,(H,17,18). The van der Waals surface area contributed by atoms with Gasteiger partial charge in [-0.3, -0.25) is 9.78 Å². The van der Waals surface area contributed by atoms with Crippen LogP contribution in [0, 0.1) is 0 Å². The van der Waals surface area contributed by atoms with Crippen molar-refractivity contribution in [1.29, 1.82) is 0 Å². The summed E-state index contributed by atoms with van der Waals surface area (Å²) in [6.07, 6.45) is -2.04. The number of thiazole rings is 1. The second-order valence-corrected chi connectivity index (χ2v) is 6.52. The molecule has 0 aromatic carbocycles. The molecule has 0 radical (unpaired) electrons. The lowest BCUT2D eigenvalue weighted by atomic mass is 9.98. The summed E-state index contributed by atoms with van der Waals surface area (Å²) in [5.41, 5.74) is 0.470. The number of nitrogens with one attached hydrogen (secondary N) is 1. The van der Waals surface area contributed by atoms with Gasteiger partial charge in [0.2, 0.25) is 5.78 Å². The fraction of sp³-hybridized carbons (Fsp3) is 0.400. The normalized spacial score (nSPS) is 29.4. The van der Waals surface area contributed by atoms with Gasteiger partial charge in [-0.2, -0.15) is 0 Å². The summed E-state index contributed by atoms with van der Waals surface area (Å²) in [4.78, 5) is 20.6. The molecule has 2 aromatic rings. The van der Waals surface area contributed by atoms with E-state index < -0.39 is 37.3 Å². The number of aliphatic hydroxyl groups is 4. The van der Waals surface area contributed by atoms with Crippen LogP contribution in [0.1, 0.15) is 15.2 Å². The van der Waals surface area contributed by atoms with Gasteiger partial charge in [0.25, 0.3) is 0 Å². The third-order valence-corrected chi connectivity index (χ3v) is 4.76. The maximum absolute atomic E-state index is 12.3. The maximum Gasteiger partial charge on any atom is 0.204 e. The smallest absolute Gasteiger partial charge is 0.204 e. The summed E-state index contributed by atoms with van der Waals surface area (Å²) in [6, 6.07) is 3.18. The van der Waals surface area contributed by atoms with E-state index in [9.17, 15) is 25.2 Å². The van der Waals surface area contributed by atoms with Crippen LogP contribution in [0.5, 0.6) is 0 Å². The number of carbonyl (C=O) groups excluding carboxylic acids is 1. The second kappa shape index (κ2) is 7.52. The molecule has 5 unspecified atom stereocenters. The van der Waals surface area contributed by atoms with Crippen LogP contribution in [0.4, 0.5) is 5.13 Å². The number of aromatic nitrogens is 2. The molecule has 2 aromatic heterocycles. The topological polar surface area (TPSA) is 145 Å². The van der Waals surface area contributed by atoms with Gasteiger partial charge in [0.15, 0.2) is 11.4 Å². The van der Waals surface area contributed by atoms with E-state index in [-0.39, 0.29) is 5.78 Å². The van der Waals surface area contributed by atoms with E-state index in [0.29, 0.717) is 15.6 Å². The highest BCUT2D eigenvalue weighted by Gasteiger charge is 2.43. The summed E-state index contributed by atoms with van der Waals surface area (Å²) >= 11 is 1.05. The summed E-state index contributed by atoms with van der Waals surface area (Å²) in [5.74, 6) is -0.221. The van der Waals surface area contributed by atoms with Gasteiger partial charge in [0.1, 0.15) is 24.4 Å². The Morgan fingerprint density at radius 1 is 1.20 bits per heavy atom. The van der Waals surface area contributed by atoms with Crippen molar-refractivity contribution in [2.24, 2.45) is 0 Å². The van der Waals surface area contributed by atoms with E-state index in [1.807, 2.05) is 0 Å². The minimum Gasteiger partial charge on any atom is -0.394 e. The monoisotopic (exact) mass is 367 g/mol. The van der Waals surface area contributed by atoms with E-state index in [1.54, 1.807) is 12.1 Å². The van der Waals surface area contributed by atoms with E-state index in [1.165, 1.54) is 18.6 Å². The zero-order valence-electron chi connectivity index (χ0n) is 12.9. The lowest BCUT2D eigenvalue weighted by Crippen LogP contribution is -2.60. The molecular weight excluding hydrogens is 350 g/mol. The Labute approximate surface area is 146 Å². The first-order valence-corrected chi connectivity index (χ1v) is 8.30. The quantitative estimate of drug-likeness (QED) is 0.419. The number of aliphatic hydroxyl groups excluding tert-OH is 4. The van der Waals surface area contributed by atoms with Crippen molar-refractivity contribution in [3.05, 3.63) is 41.2 Å². The Balaban J connectivity index is 1.72. The van der Waals surface area contributed by atoms with Gasteiger partial charge in [-0.25, -0.2) is 4.98 Å². The van der Waals surface area contributed by atoms with Gasteiger partial charge in [-0.15, -0.1) is 0 Å². The number of ether oxygens (including phenoxy) is 1. The molecule has 5 atom stereocenters. The summed E-state index contributed by atoms with van der Waals surface area (Å²) < 4.78 is 5.34. The molecule has 5 N–H and O–H groups in total. The molecule has 0 spiro atoms. The molecule has 25 heavy (non-hydrogen) atoms. The molecule has 1 saturated heterocycles. The summed E-state index contributed by atoms with van der Waals surface area (Å²) in [7, 11) is 0. The largest absolute Gasteiger partial charge is 0.394 e. The highest BCUT2D eigenvalue weighted by Crippen LogP contribution is 2.26. The molecule has 9 nitrogen and oxygen atoms in total. The van der Waals surface area contributed by atoms with Crippen molar-refractivity contribution in [1.82, 2.24) is 9.97 Å². The molecule has 3 heterocycles. The zero-order valence-corrected chi connectivity index (χ0v) is 13.7. The van der Waals surface area contributed by atoms with Crippen molar-refractivity contribution >= 4 is 22.3 Å². The Hall–Kier alpha value is -1.95. The lowest BCUT2D eigenvalue weighted by molar-refractivity contribution is -0.221. The molecule has 10 heteroatoms. The highest BCUT2D eigenvalue weighted by atomic mass is 32.1. The first-order valence-electron chi connectivity index (χ1n) is 7.49. The minimum absolute atomic E-state index is 0.221. The first-order chi connectivity index (χ1) is 12.0. The Kier molecular flexibility index (Phi) is 5.37. The number of ketones is 1. The predicted molar refractivity (Wildman–Crippen MR) is 87.2 cm³/mol. The van der Waals surface area contributed by atoms with Gasteiger partial charge >= 0.3 is 0 Å². The number of nitrogens with zero attached hydrogens (tertiary/aromatic N) is 2. The molecule has 0 bridgehead atoms. The van der Waals surface area contributed by atoms with Gasteiger partial charge in [-0.05, 0) is 12.1 Å². The number of hydrogen-bond donors (Lipinski definition) is 5. The summed E-state index contributed by atoms with van der Waals surface area (Å²) in [6.45, 7) is -0.521. The molecule has 1 fully saturated rings. The molecule has 3 rings (SSSR count). The van der Waals surface area contributed by atoms with Gasteiger partial charge in [0, 0.05) is 18.0 Å². The molecule has 134 valence electrons. The molecule has 0 saturated carbocycles. The van der Waals surface area contributed by atoms with E-state index in [2.05, 4.69) is 15.3 Å². The molecular formula is C15H17N3O6S. The second-order valence-electron chi connectivity index (χ2n) is 5.49. The predicted octanol–water partition coefficient (Wildman–Crippen LogP) is -1.02. The van der Waals surface area contributed by atoms with Crippen LogP contribution in [0.3, 0.4) is 0 Å². The maximum atomic E-state index is 12.3. The van der Waals surface area contributed by atoms with Crippen molar-refractivity contribution < 1.29 is 30.0 Å². The van der Waals surface area contributed by atoms with Crippen LogP contribution in [0.2, 0.25) is 0 Å². The number of rotatable bonds is 5. The average molecular weight is 367 g/mol. The average Bonchev–Trinajstić information content (AvgIpc) is 3.11. The number of carbonyl (C=O) groups is 1. The number of anilines is 1. The van der Waals surface area contributed by atoms with Crippen LogP contribution in [-0.4, -0.2) is 73.4 Å². The molecule has 0 aliphatic carbocycles. The van der Waals surface area contributed by atoms with Crippen LogP contribution < -0.4 is 5.32 Å². The van der Waals surface area contributed by atoms with Gasteiger partial charge < -0.3 is 30.5 Å². The Bertz CT molecular complexity index is 725. The van der Waals surface area contributed by atoms with Crippen molar-refractivity contribution in [3.8, 4) is 0 Å². The molecule has 0 amide bonds. The van der Waals surface area contributed by atoms with E-state index in [4.69, 9.17) is 4.74 Å². The molecule has 1 aliphatic heterocycles. The number of hydrogen-bond acceptors (Lipinski definition) is 10. The summed E-state index contributed by atoms with van der Waals surface area (Å²) in [5, 5.41) is 41.8. The van der Waals surface area contributed by atoms with Crippen molar-refractivity contribution in [2.75, 3.05) is 11.9 Å². The third-order valence-electron chi connectivity index (χ3n) is 3.83. The van der Waals surface area contributed by atoms with Crippen LogP contribution in [0.15, 0.2) is 30.7 Å². The van der Waals surface area contributed by atoms with Crippen molar-refractivity contribution in [2.45, 2.75) is 30.6 Å². The zero-order chi connectivity index (χ0) is 18.0. The van der Waals surface area contributed by atoms with Crippen LogP contribution in [0.25, 0.3) is 0 Å². The Morgan fingerprint density at radius 3 is 2.60 bits per heavy atom. The van der Waals surface area contributed by atoms with Crippen molar-refractivity contribution in [3.63, 3.8) is 0 Å². The van der Waals surface area contributed by atoms with E-state index in [0.717, 1.165) is 11.3 Å². The number of pyridine rings is 1. The third kappa shape index (κ3) is 3.68. The van der Waals surface area contributed by atoms with Crippen LogP contribution >= 0.6 is 11.3 Å². The lowest BCUT2D eigenvalue weighted by Gasteiger charge is -2.40. The van der Waals surface area contributed by atoms with E-state index >= 15 is 0 Å². The SMILES string of the molecule is O=C(c1ccncc1)c1cnc(NC2OC(CO)C(O)C(O)C2O)s1. The van der Waals surface area contributed by atoms with Gasteiger partial charge in [-0.1, -0.05) is 11.3 Å². The molecule has 1 aliphatic rings. The first kappa shape index (κ1) is 17.9. The van der Waals surface area contributed by atoms with Crippen LogP contribution in [-0.2, 0) is 4.74 Å².